The molecule has 2 N–H and O–H groups in total. The summed E-state index contributed by atoms with van der Waals surface area (Å²) in [6.45, 7) is 16.9. The highest BCUT2D eigenvalue weighted by atomic mass is 16.5. The third-order valence-corrected chi connectivity index (χ3v) is 13.0. The molecule has 8 aromatic carbocycles. The molecule has 68 heavy (non-hydrogen) atoms. The molecule has 8 aromatic rings. The van der Waals surface area contributed by atoms with Crippen LogP contribution in [0.5, 0.6) is 23.0 Å². The zero-order chi connectivity index (χ0) is 48.2. The van der Waals surface area contributed by atoms with Crippen molar-refractivity contribution in [1.29, 1.82) is 0 Å². The molecular weight excluding hydrogens is 845 g/mol. The second-order valence-corrected chi connectivity index (χ2v) is 19.0. The lowest BCUT2D eigenvalue weighted by Crippen LogP contribution is -2.42. The van der Waals surface area contributed by atoms with E-state index < -0.39 is 0 Å². The van der Waals surface area contributed by atoms with Crippen LogP contribution in [-0.4, -0.2) is 69.2 Å². The van der Waals surface area contributed by atoms with Crippen LogP contribution in [0.1, 0.15) is 102 Å². The lowest BCUT2D eigenvalue weighted by Gasteiger charge is -2.31. The maximum absolute atomic E-state index is 14.2. The van der Waals surface area contributed by atoms with Crippen molar-refractivity contribution in [1.82, 2.24) is 9.80 Å². The van der Waals surface area contributed by atoms with Crippen molar-refractivity contribution in [3.05, 3.63) is 145 Å². The van der Waals surface area contributed by atoms with Crippen molar-refractivity contribution in [3.8, 4) is 45.3 Å². The summed E-state index contributed by atoms with van der Waals surface area (Å²) < 4.78 is 13.3. The van der Waals surface area contributed by atoms with Crippen LogP contribution < -0.4 is 9.47 Å². The van der Waals surface area contributed by atoms with Gasteiger partial charge in [0.25, 0.3) is 11.8 Å². The van der Waals surface area contributed by atoms with E-state index in [1.54, 1.807) is 0 Å². The Hall–Kier alpha value is -7.06. The number of hydrogen-bond donors (Lipinski definition) is 2. The van der Waals surface area contributed by atoms with Crippen molar-refractivity contribution >= 4 is 54.9 Å². The Morgan fingerprint density at radius 1 is 0.412 bits per heavy atom. The summed E-state index contributed by atoms with van der Waals surface area (Å²) >= 11 is 0. The third-order valence-electron chi connectivity index (χ3n) is 13.0. The van der Waals surface area contributed by atoms with E-state index in [1.807, 2.05) is 187 Å². The molecule has 0 saturated carbocycles. The van der Waals surface area contributed by atoms with Crippen LogP contribution in [0.3, 0.4) is 0 Å². The molecule has 2 amide bonds. The SMILES string of the molecule is CC(C)N(C(=O)c1cc2ccccc2c(-c2c(OCCCCCCOc3ccc4ccccc4c3-c3c(O)c(C(=O)N(C(C)C)C(C)C)cc4ccccc34)ccc3ccccc23)c1O)C(C)C. The standard InChI is InChI=1S/C60H64N2O6/c1-37(2)61(38(3)4)59(65)49-35-43-23-13-17-27-47(43)55(57(49)63)53-45-25-15-11-21-41(45)29-31-51(53)67-33-19-9-10-20-34-68-52-32-30-42-22-12-16-26-46(42)54(52)56-48-28-18-14-24-44(48)36-50(58(56)64)60(66)62(39(5)6)40(7)8/h11-18,21-32,35-40,63-64H,9-10,19-20,33-34H2,1-8H3. The highest BCUT2D eigenvalue weighted by Gasteiger charge is 2.30. The van der Waals surface area contributed by atoms with Gasteiger partial charge in [-0.05, 0) is 148 Å². The number of ether oxygens (including phenoxy) is 2. The van der Waals surface area contributed by atoms with Crippen LogP contribution in [0, 0.1) is 0 Å². The van der Waals surface area contributed by atoms with Gasteiger partial charge in [0.1, 0.15) is 23.0 Å². The van der Waals surface area contributed by atoms with Gasteiger partial charge < -0.3 is 29.5 Å². The molecular formula is C60H64N2O6. The number of unbranched alkanes of at least 4 members (excludes halogenated alkanes) is 3. The smallest absolute Gasteiger partial charge is 0.258 e. The summed E-state index contributed by atoms with van der Waals surface area (Å²) in [5, 5.41) is 31.7. The number of hydrogen-bond acceptors (Lipinski definition) is 6. The number of carbonyl (C=O) groups is 2. The summed E-state index contributed by atoms with van der Waals surface area (Å²) in [6, 6.07) is 43.4. The first-order valence-electron chi connectivity index (χ1n) is 24.2. The Kier molecular flexibility index (Phi) is 14.3. The zero-order valence-corrected chi connectivity index (χ0v) is 40.7. The normalized spacial score (nSPS) is 11.8. The van der Waals surface area contributed by atoms with Gasteiger partial charge >= 0.3 is 0 Å². The molecule has 0 radical (unpaired) electrons. The van der Waals surface area contributed by atoms with E-state index in [0.29, 0.717) is 35.8 Å². The fourth-order valence-corrected chi connectivity index (χ4v) is 10.1. The number of carbonyl (C=O) groups excluding carboxylic acids is 2. The lowest BCUT2D eigenvalue weighted by molar-refractivity contribution is 0.0631. The van der Waals surface area contributed by atoms with Gasteiger partial charge in [0.15, 0.2) is 0 Å². The molecule has 8 heteroatoms. The van der Waals surface area contributed by atoms with Gasteiger partial charge in [-0.3, -0.25) is 9.59 Å². The number of phenols is 2. The number of phenolic OH excluding ortho intramolecular Hbond substituents is 2. The average molecular weight is 909 g/mol. The molecule has 350 valence electrons. The van der Waals surface area contributed by atoms with E-state index in [1.165, 1.54) is 0 Å². The fraction of sp³-hybridized carbons (Fsp3) is 0.300. The average Bonchev–Trinajstić information content (AvgIpc) is 3.31. The van der Waals surface area contributed by atoms with E-state index in [0.717, 1.165) is 79.9 Å². The minimum atomic E-state index is -0.212. The van der Waals surface area contributed by atoms with Gasteiger partial charge in [-0.25, -0.2) is 0 Å². The van der Waals surface area contributed by atoms with Crippen molar-refractivity contribution < 1.29 is 29.3 Å². The van der Waals surface area contributed by atoms with Gasteiger partial charge in [0, 0.05) is 46.4 Å². The van der Waals surface area contributed by atoms with Crippen LogP contribution >= 0.6 is 0 Å². The number of fused-ring (bicyclic) bond motifs is 4. The number of rotatable bonds is 17. The van der Waals surface area contributed by atoms with Gasteiger partial charge in [-0.2, -0.15) is 0 Å². The molecule has 8 nitrogen and oxygen atoms in total. The van der Waals surface area contributed by atoms with E-state index in [4.69, 9.17) is 9.47 Å². The Bertz CT molecular complexity index is 2910. The molecule has 0 atom stereocenters. The second kappa shape index (κ2) is 20.4. The second-order valence-electron chi connectivity index (χ2n) is 19.0. The summed E-state index contributed by atoms with van der Waals surface area (Å²) in [5.74, 6) is 0.765. The maximum atomic E-state index is 14.2. The summed E-state index contributed by atoms with van der Waals surface area (Å²) in [4.78, 5) is 32.0. The van der Waals surface area contributed by atoms with Crippen molar-refractivity contribution in [2.45, 2.75) is 105 Å². The molecule has 8 rings (SSSR count). The summed E-state index contributed by atoms with van der Waals surface area (Å²) in [6.07, 6.45) is 3.38. The van der Waals surface area contributed by atoms with Crippen molar-refractivity contribution in [2.75, 3.05) is 13.2 Å². The molecule has 0 aliphatic rings. The van der Waals surface area contributed by atoms with E-state index in [2.05, 4.69) is 12.1 Å². The minimum Gasteiger partial charge on any atom is -0.506 e. The minimum absolute atomic E-state index is 0.0516. The Balaban J connectivity index is 1.02. The van der Waals surface area contributed by atoms with Gasteiger partial charge in [0.05, 0.1) is 24.3 Å². The molecule has 0 aliphatic carbocycles. The molecule has 0 heterocycles. The van der Waals surface area contributed by atoms with Crippen LogP contribution in [0.4, 0.5) is 0 Å². The topological polar surface area (TPSA) is 99.5 Å². The monoisotopic (exact) mass is 908 g/mol. The highest BCUT2D eigenvalue weighted by Crippen LogP contribution is 2.49. The fourth-order valence-electron chi connectivity index (χ4n) is 10.1. The Morgan fingerprint density at radius 3 is 1.06 bits per heavy atom. The number of amides is 2. The Morgan fingerprint density at radius 2 is 0.721 bits per heavy atom. The maximum Gasteiger partial charge on any atom is 0.258 e. The first-order chi connectivity index (χ1) is 32.8. The van der Waals surface area contributed by atoms with Crippen LogP contribution in [0.15, 0.2) is 133 Å². The van der Waals surface area contributed by atoms with E-state index in [-0.39, 0.29) is 58.6 Å². The molecule has 0 saturated heterocycles. The van der Waals surface area contributed by atoms with Gasteiger partial charge in [0.2, 0.25) is 0 Å². The van der Waals surface area contributed by atoms with Crippen LogP contribution in [-0.2, 0) is 0 Å². The van der Waals surface area contributed by atoms with Crippen LogP contribution in [0.2, 0.25) is 0 Å². The lowest BCUT2D eigenvalue weighted by atomic mass is 9.90. The van der Waals surface area contributed by atoms with E-state index >= 15 is 0 Å². The molecule has 0 bridgehead atoms. The van der Waals surface area contributed by atoms with Gasteiger partial charge in [-0.1, -0.05) is 109 Å². The quantitative estimate of drug-likeness (QED) is 0.0883. The van der Waals surface area contributed by atoms with Crippen molar-refractivity contribution in [3.63, 3.8) is 0 Å². The number of aromatic hydroxyl groups is 2. The third kappa shape index (κ3) is 9.29. The number of nitrogens with zero attached hydrogens (tertiary/aromatic N) is 2. The zero-order valence-electron chi connectivity index (χ0n) is 40.7. The van der Waals surface area contributed by atoms with Crippen LogP contribution in [0.25, 0.3) is 65.3 Å². The highest BCUT2D eigenvalue weighted by molar-refractivity contribution is 6.15. The predicted molar refractivity (Wildman–Crippen MR) is 279 cm³/mol. The Labute approximate surface area is 400 Å². The summed E-state index contributed by atoms with van der Waals surface area (Å²) in [7, 11) is 0. The summed E-state index contributed by atoms with van der Waals surface area (Å²) in [5.41, 5.74) is 3.24. The predicted octanol–water partition coefficient (Wildman–Crippen LogP) is 14.6. The van der Waals surface area contributed by atoms with Gasteiger partial charge in [-0.15, -0.1) is 0 Å². The first kappa shape index (κ1) is 47.4. The molecule has 0 spiro atoms. The van der Waals surface area contributed by atoms with E-state index in [9.17, 15) is 19.8 Å². The van der Waals surface area contributed by atoms with Crippen molar-refractivity contribution in [2.24, 2.45) is 0 Å². The molecule has 0 unspecified atom stereocenters. The number of benzene rings is 8. The molecule has 0 aromatic heterocycles. The molecule has 0 fully saturated rings. The molecule has 0 aliphatic heterocycles. The largest absolute Gasteiger partial charge is 0.506 e. The first-order valence-corrected chi connectivity index (χ1v) is 24.2.